The van der Waals surface area contributed by atoms with Crippen LogP contribution in [0.25, 0.3) is 11.3 Å². The molecule has 0 aliphatic rings. The van der Waals surface area contributed by atoms with Crippen molar-refractivity contribution in [2.45, 2.75) is 47.2 Å². The molecule has 1 aromatic carbocycles. The Balaban J connectivity index is 2.40. The van der Waals surface area contributed by atoms with E-state index in [1.807, 2.05) is 6.20 Å². The first kappa shape index (κ1) is 13.8. The molecule has 0 spiro atoms. The van der Waals surface area contributed by atoms with E-state index in [0.29, 0.717) is 6.04 Å². The van der Waals surface area contributed by atoms with Crippen molar-refractivity contribution >= 4 is 0 Å². The van der Waals surface area contributed by atoms with Crippen LogP contribution in [0.2, 0.25) is 0 Å². The van der Waals surface area contributed by atoms with Crippen molar-refractivity contribution in [3.05, 3.63) is 40.6 Å². The van der Waals surface area contributed by atoms with Gasteiger partial charge in [-0.2, -0.15) is 5.10 Å². The van der Waals surface area contributed by atoms with Crippen LogP contribution in [0.4, 0.5) is 0 Å². The number of aromatic amines is 1. The van der Waals surface area contributed by atoms with E-state index in [1.54, 1.807) is 0 Å². The molecule has 0 atom stereocenters. The van der Waals surface area contributed by atoms with Crippen LogP contribution >= 0.6 is 0 Å². The molecule has 0 saturated carbocycles. The molecular weight excluding hydrogens is 234 g/mol. The molecule has 0 unspecified atom stereocenters. The van der Waals surface area contributed by atoms with Crippen LogP contribution in [0, 0.1) is 20.8 Å². The van der Waals surface area contributed by atoms with E-state index >= 15 is 0 Å². The summed E-state index contributed by atoms with van der Waals surface area (Å²) in [5.74, 6) is 0. The van der Waals surface area contributed by atoms with Gasteiger partial charge in [-0.1, -0.05) is 31.5 Å². The van der Waals surface area contributed by atoms with Crippen LogP contribution in [0.3, 0.4) is 0 Å². The molecule has 2 aromatic rings. The average molecular weight is 257 g/mol. The second-order valence-corrected chi connectivity index (χ2v) is 5.58. The first-order chi connectivity index (χ1) is 8.99. The summed E-state index contributed by atoms with van der Waals surface area (Å²) in [4.78, 5) is 0. The Labute approximate surface area is 115 Å². The molecule has 0 aliphatic carbocycles. The fourth-order valence-electron chi connectivity index (χ4n) is 2.55. The lowest BCUT2D eigenvalue weighted by molar-refractivity contribution is 0.589. The number of hydrogen-bond donors (Lipinski definition) is 2. The van der Waals surface area contributed by atoms with Crippen LogP contribution < -0.4 is 5.32 Å². The maximum atomic E-state index is 4.22. The monoisotopic (exact) mass is 257 g/mol. The summed E-state index contributed by atoms with van der Waals surface area (Å²) >= 11 is 0. The molecule has 0 aliphatic heterocycles. The Morgan fingerprint density at radius 1 is 1.16 bits per heavy atom. The fraction of sp³-hybridized carbons (Fsp3) is 0.438. The lowest BCUT2D eigenvalue weighted by Gasteiger charge is -2.13. The third kappa shape index (κ3) is 3.04. The van der Waals surface area contributed by atoms with Crippen LogP contribution in [0.15, 0.2) is 18.3 Å². The lowest BCUT2D eigenvalue weighted by Crippen LogP contribution is -2.21. The molecule has 0 amide bonds. The highest BCUT2D eigenvalue weighted by Crippen LogP contribution is 2.29. The number of rotatable bonds is 4. The second-order valence-electron chi connectivity index (χ2n) is 5.58. The van der Waals surface area contributed by atoms with E-state index in [9.17, 15) is 0 Å². The maximum absolute atomic E-state index is 4.22. The van der Waals surface area contributed by atoms with E-state index in [2.05, 4.69) is 62.3 Å². The summed E-state index contributed by atoms with van der Waals surface area (Å²) in [5, 5.41) is 10.8. The van der Waals surface area contributed by atoms with Gasteiger partial charge in [-0.05, 0) is 31.9 Å². The van der Waals surface area contributed by atoms with Crippen molar-refractivity contribution in [1.82, 2.24) is 15.5 Å². The molecule has 0 radical (unpaired) electrons. The standard InChI is InChI=1S/C16H23N3/c1-10(2)17-8-14-9-18-19-16(14)15-12(4)6-11(3)7-13(15)5/h6-7,9-10,17H,8H2,1-5H3,(H,18,19). The number of H-pyrrole nitrogens is 1. The van der Waals surface area contributed by atoms with Crippen LogP contribution in [-0.4, -0.2) is 16.2 Å². The zero-order chi connectivity index (χ0) is 14.0. The van der Waals surface area contributed by atoms with Crippen molar-refractivity contribution in [2.75, 3.05) is 0 Å². The normalized spacial score (nSPS) is 11.3. The van der Waals surface area contributed by atoms with Gasteiger partial charge in [0.05, 0.1) is 11.9 Å². The zero-order valence-electron chi connectivity index (χ0n) is 12.5. The summed E-state index contributed by atoms with van der Waals surface area (Å²) in [6.07, 6.45) is 1.92. The van der Waals surface area contributed by atoms with Crippen LogP contribution in [-0.2, 0) is 6.54 Å². The van der Waals surface area contributed by atoms with Crippen molar-refractivity contribution in [1.29, 1.82) is 0 Å². The molecule has 102 valence electrons. The molecular formula is C16H23N3. The highest BCUT2D eigenvalue weighted by molar-refractivity contribution is 5.70. The van der Waals surface area contributed by atoms with Crippen molar-refractivity contribution < 1.29 is 0 Å². The highest BCUT2D eigenvalue weighted by Gasteiger charge is 2.13. The lowest BCUT2D eigenvalue weighted by atomic mass is 9.95. The molecule has 1 aromatic heterocycles. The van der Waals surface area contributed by atoms with E-state index in [1.165, 1.54) is 27.8 Å². The van der Waals surface area contributed by atoms with E-state index < -0.39 is 0 Å². The Hall–Kier alpha value is -1.61. The van der Waals surface area contributed by atoms with Gasteiger partial charge in [0.1, 0.15) is 0 Å². The summed E-state index contributed by atoms with van der Waals surface area (Å²) in [6.45, 7) is 11.6. The number of hydrogen-bond acceptors (Lipinski definition) is 2. The molecule has 3 heteroatoms. The van der Waals surface area contributed by atoms with Crippen molar-refractivity contribution in [3.63, 3.8) is 0 Å². The summed E-state index contributed by atoms with van der Waals surface area (Å²) in [5.41, 5.74) is 7.55. The zero-order valence-corrected chi connectivity index (χ0v) is 12.5. The third-order valence-electron chi connectivity index (χ3n) is 3.35. The SMILES string of the molecule is Cc1cc(C)c(-c2[nH]ncc2CNC(C)C)c(C)c1. The van der Waals surface area contributed by atoms with Crippen LogP contribution in [0.1, 0.15) is 36.1 Å². The average Bonchev–Trinajstić information content (AvgIpc) is 2.73. The number of nitrogens with one attached hydrogen (secondary N) is 2. The quantitative estimate of drug-likeness (QED) is 0.880. The minimum atomic E-state index is 0.475. The summed E-state index contributed by atoms with van der Waals surface area (Å²) in [7, 11) is 0. The molecule has 1 heterocycles. The molecule has 0 saturated heterocycles. The second kappa shape index (κ2) is 5.57. The Bertz CT molecular complexity index is 544. The number of nitrogens with zero attached hydrogens (tertiary/aromatic N) is 1. The van der Waals surface area contributed by atoms with Gasteiger partial charge in [0.25, 0.3) is 0 Å². The van der Waals surface area contributed by atoms with E-state index in [4.69, 9.17) is 0 Å². The topological polar surface area (TPSA) is 40.7 Å². The number of aromatic nitrogens is 2. The van der Waals surface area contributed by atoms with Gasteiger partial charge < -0.3 is 5.32 Å². The van der Waals surface area contributed by atoms with Crippen LogP contribution in [0.5, 0.6) is 0 Å². The Morgan fingerprint density at radius 3 is 2.37 bits per heavy atom. The van der Waals surface area contributed by atoms with Gasteiger partial charge in [-0.15, -0.1) is 0 Å². The molecule has 2 N–H and O–H groups in total. The van der Waals surface area contributed by atoms with E-state index in [-0.39, 0.29) is 0 Å². The minimum absolute atomic E-state index is 0.475. The number of aryl methyl sites for hydroxylation is 3. The minimum Gasteiger partial charge on any atom is -0.310 e. The fourth-order valence-corrected chi connectivity index (χ4v) is 2.55. The smallest absolute Gasteiger partial charge is 0.0700 e. The third-order valence-corrected chi connectivity index (χ3v) is 3.35. The predicted molar refractivity (Wildman–Crippen MR) is 80.2 cm³/mol. The van der Waals surface area contributed by atoms with Gasteiger partial charge in [0.2, 0.25) is 0 Å². The van der Waals surface area contributed by atoms with Gasteiger partial charge in [0, 0.05) is 23.7 Å². The largest absolute Gasteiger partial charge is 0.310 e. The first-order valence-electron chi connectivity index (χ1n) is 6.83. The molecule has 0 bridgehead atoms. The van der Waals surface area contributed by atoms with Gasteiger partial charge >= 0.3 is 0 Å². The highest BCUT2D eigenvalue weighted by atomic mass is 15.1. The van der Waals surface area contributed by atoms with Gasteiger partial charge in [-0.25, -0.2) is 0 Å². The van der Waals surface area contributed by atoms with Gasteiger partial charge in [0.15, 0.2) is 0 Å². The Kier molecular flexibility index (Phi) is 4.05. The van der Waals surface area contributed by atoms with Crippen molar-refractivity contribution in [3.8, 4) is 11.3 Å². The maximum Gasteiger partial charge on any atom is 0.0700 e. The molecule has 19 heavy (non-hydrogen) atoms. The summed E-state index contributed by atoms with van der Waals surface area (Å²) < 4.78 is 0. The molecule has 3 nitrogen and oxygen atoms in total. The molecule has 0 fully saturated rings. The first-order valence-corrected chi connectivity index (χ1v) is 6.83. The number of benzene rings is 1. The predicted octanol–water partition coefficient (Wildman–Crippen LogP) is 3.50. The van der Waals surface area contributed by atoms with Gasteiger partial charge in [-0.3, -0.25) is 5.10 Å². The molecule has 2 rings (SSSR count). The van der Waals surface area contributed by atoms with Crippen molar-refractivity contribution in [2.24, 2.45) is 0 Å². The van der Waals surface area contributed by atoms with E-state index in [0.717, 1.165) is 12.2 Å². The summed E-state index contributed by atoms with van der Waals surface area (Å²) in [6, 6.07) is 4.93. The Morgan fingerprint density at radius 2 is 1.79 bits per heavy atom.